The van der Waals surface area contributed by atoms with Gasteiger partial charge in [-0.3, -0.25) is 9.59 Å². The molecule has 0 unspecified atom stereocenters. The molecule has 1 aliphatic carbocycles. The fourth-order valence-corrected chi connectivity index (χ4v) is 3.28. The summed E-state index contributed by atoms with van der Waals surface area (Å²) >= 11 is 0. The fraction of sp³-hybridized carbons (Fsp3) is 0.556. The van der Waals surface area contributed by atoms with Crippen molar-refractivity contribution < 1.29 is 27.5 Å². The summed E-state index contributed by atoms with van der Waals surface area (Å²) in [6, 6.07) is 4.70. The van der Waals surface area contributed by atoms with E-state index in [2.05, 4.69) is 0 Å². The van der Waals surface area contributed by atoms with Crippen LogP contribution in [0.2, 0.25) is 0 Å². The number of hydrogen-bond donors (Lipinski definition) is 0. The van der Waals surface area contributed by atoms with E-state index in [0.717, 1.165) is 25.0 Å². The first kappa shape index (κ1) is 18.5. The molecule has 3 nitrogen and oxygen atoms in total. The molecule has 1 aromatic rings. The molecule has 0 heterocycles. The third-order valence-electron chi connectivity index (χ3n) is 4.40. The highest BCUT2D eigenvalue weighted by atomic mass is 19.4. The highest BCUT2D eigenvalue weighted by molar-refractivity contribution is 5.87. The van der Waals surface area contributed by atoms with Crippen molar-refractivity contribution in [2.24, 2.45) is 5.92 Å². The first-order chi connectivity index (χ1) is 11.3. The van der Waals surface area contributed by atoms with Gasteiger partial charge in [-0.25, -0.2) is 0 Å². The van der Waals surface area contributed by atoms with Crippen LogP contribution in [-0.4, -0.2) is 18.4 Å². The third kappa shape index (κ3) is 4.58. The summed E-state index contributed by atoms with van der Waals surface area (Å²) in [5.41, 5.74) is -0.196. The average molecular weight is 342 g/mol. The van der Waals surface area contributed by atoms with Crippen molar-refractivity contribution in [3.05, 3.63) is 35.4 Å². The number of benzene rings is 1. The molecule has 24 heavy (non-hydrogen) atoms. The van der Waals surface area contributed by atoms with Crippen LogP contribution in [-0.2, 0) is 20.5 Å². The van der Waals surface area contributed by atoms with Gasteiger partial charge in [-0.2, -0.15) is 13.2 Å². The maximum atomic E-state index is 12.7. The van der Waals surface area contributed by atoms with Gasteiger partial charge in [-0.15, -0.1) is 0 Å². The van der Waals surface area contributed by atoms with E-state index in [9.17, 15) is 22.8 Å². The lowest BCUT2D eigenvalue weighted by Crippen LogP contribution is -2.23. The molecule has 6 heteroatoms. The maximum Gasteiger partial charge on any atom is 0.416 e. The van der Waals surface area contributed by atoms with E-state index in [1.165, 1.54) is 12.1 Å². The number of carbonyl (C=O) groups is 2. The molecule has 0 aromatic heterocycles. The van der Waals surface area contributed by atoms with Crippen molar-refractivity contribution in [1.29, 1.82) is 0 Å². The van der Waals surface area contributed by atoms with Gasteiger partial charge in [0.25, 0.3) is 0 Å². The van der Waals surface area contributed by atoms with Gasteiger partial charge in [0.15, 0.2) is 0 Å². The smallest absolute Gasteiger partial charge is 0.416 e. The van der Waals surface area contributed by atoms with Crippen LogP contribution < -0.4 is 0 Å². The predicted molar refractivity (Wildman–Crippen MR) is 82.4 cm³/mol. The first-order valence-electron chi connectivity index (χ1n) is 8.18. The van der Waals surface area contributed by atoms with Crippen LogP contribution in [0.3, 0.4) is 0 Å². The van der Waals surface area contributed by atoms with Crippen LogP contribution in [0.5, 0.6) is 0 Å². The summed E-state index contributed by atoms with van der Waals surface area (Å²) in [4.78, 5) is 24.3. The Morgan fingerprint density at radius 3 is 2.46 bits per heavy atom. The van der Waals surface area contributed by atoms with Gasteiger partial charge in [-0.05, 0) is 43.4 Å². The van der Waals surface area contributed by atoms with E-state index in [1.54, 1.807) is 6.92 Å². The molecule has 0 saturated heterocycles. The van der Waals surface area contributed by atoms with Gasteiger partial charge in [0.2, 0.25) is 0 Å². The Kier molecular flexibility index (Phi) is 6.02. The van der Waals surface area contributed by atoms with Gasteiger partial charge >= 0.3 is 12.1 Å². The number of rotatable bonds is 4. The normalized spacial score (nSPS) is 22.1. The van der Waals surface area contributed by atoms with E-state index in [0.29, 0.717) is 18.4 Å². The summed E-state index contributed by atoms with van der Waals surface area (Å²) in [5.74, 6) is -1.15. The van der Waals surface area contributed by atoms with Crippen molar-refractivity contribution in [2.45, 2.75) is 51.1 Å². The predicted octanol–water partition coefficient (Wildman–Crippen LogP) is 4.50. The Hall–Kier alpha value is -1.85. The molecule has 1 saturated carbocycles. The second kappa shape index (κ2) is 7.81. The quantitative estimate of drug-likeness (QED) is 0.598. The molecule has 1 aromatic carbocycles. The fourth-order valence-electron chi connectivity index (χ4n) is 3.28. The number of hydrogen-bond acceptors (Lipinski definition) is 3. The molecule has 0 N–H and O–H groups in total. The highest BCUT2D eigenvalue weighted by Crippen LogP contribution is 2.38. The molecule has 1 aliphatic rings. The van der Waals surface area contributed by atoms with Crippen LogP contribution in [0.25, 0.3) is 0 Å². The van der Waals surface area contributed by atoms with Gasteiger partial charge < -0.3 is 4.74 Å². The second-order valence-corrected chi connectivity index (χ2v) is 6.08. The van der Waals surface area contributed by atoms with Crippen LogP contribution in [0.15, 0.2) is 24.3 Å². The summed E-state index contributed by atoms with van der Waals surface area (Å²) in [5, 5.41) is 0. The van der Waals surface area contributed by atoms with E-state index in [4.69, 9.17) is 4.74 Å². The van der Waals surface area contributed by atoms with E-state index < -0.39 is 17.7 Å². The number of Topliss-reactive ketones (excluding diaryl/α,β-unsaturated/α-hetero) is 1. The van der Waals surface area contributed by atoms with Crippen LogP contribution in [0, 0.1) is 5.92 Å². The Morgan fingerprint density at radius 2 is 1.88 bits per heavy atom. The number of ether oxygens (including phenoxy) is 1. The Morgan fingerprint density at radius 1 is 1.21 bits per heavy atom. The van der Waals surface area contributed by atoms with Crippen molar-refractivity contribution in [2.75, 3.05) is 6.61 Å². The van der Waals surface area contributed by atoms with E-state index >= 15 is 0 Å². The molecule has 0 radical (unpaired) electrons. The zero-order chi connectivity index (χ0) is 17.7. The largest absolute Gasteiger partial charge is 0.466 e. The lowest BCUT2D eigenvalue weighted by atomic mass is 9.79. The third-order valence-corrected chi connectivity index (χ3v) is 4.40. The molecule has 0 spiro atoms. The molecule has 0 bridgehead atoms. The Bertz CT molecular complexity index is 578. The summed E-state index contributed by atoms with van der Waals surface area (Å²) < 4.78 is 43.1. The van der Waals surface area contributed by atoms with Gasteiger partial charge in [-0.1, -0.05) is 18.6 Å². The Balaban J connectivity index is 2.26. The lowest BCUT2D eigenvalue weighted by molar-refractivity contribution is -0.144. The number of ketones is 1. The summed E-state index contributed by atoms with van der Waals surface area (Å²) in [6.07, 6.45) is -1.63. The second-order valence-electron chi connectivity index (χ2n) is 6.08. The van der Waals surface area contributed by atoms with E-state index in [1.807, 2.05) is 0 Å². The highest BCUT2D eigenvalue weighted by Gasteiger charge is 2.35. The number of carbonyl (C=O) groups excluding carboxylic acids is 2. The summed E-state index contributed by atoms with van der Waals surface area (Å²) in [7, 11) is 0. The van der Waals surface area contributed by atoms with Gasteiger partial charge in [0.1, 0.15) is 5.78 Å². The summed E-state index contributed by atoms with van der Waals surface area (Å²) in [6.45, 7) is 1.98. The van der Waals surface area contributed by atoms with Crippen LogP contribution in [0.1, 0.15) is 56.1 Å². The molecule has 2 atom stereocenters. The minimum atomic E-state index is -4.41. The first-order valence-corrected chi connectivity index (χ1v) is 8.18. The van der Waals surface area contributed by atoms with Gasteiger partial charge in [0, 0.05) is 18.8 Å². The standard InChI is InChI=1S/C18H21F3O3/c1-2-24-16(23)11-13-5-3-4-6-15(22)17(13)12-7-9-14(10-8-12)18(19,20)21/h7-10,13,17H,2-6,11H2,1H3/t13-,17-/m1/s1. The average Bonchev–Trinajstić information content (AvgIpc) is 2.68. The molecule has 132 valence electrons. The van der Waals surface area contributed by atoms with Gasteiger partial charge in [0.05, 0.1) is 12.2 Å². The van der Waals surface area contributed by atoms with Crippen molar-refractivity contribution in [3.63, 3.8) is 0 Å². The molecule has 2 rings (SSSR count). The van der Waals surface area contributed by atoms with Crippen molar-refractivity contribution >= 4 is 11.8 Å². The zero-order valence-electron chi connectivity index (χ0n) is 13.6. The van der Waals surface area contributed by atoms with E-state index in [-0.39, 0.29) is 30.7 Å². The lowest BCUT2D eigenvalue weighted by Gasteiger charge is -2.24. The zero-order valence-corrected chi connectivity index (χ0v) is 13.6. The number of halogens is 3. The maximum absolute atomic E-state index is 12.7. The molecule has 1 fully saturated rings. The monoisotopic (exact) mass is 342 g/mol. The molecule has 0 aliphatic heterocycles. The van der Waals surface area contributed by atoms with Crippen LogP contribution in [0.4, 0.5) is 13.2 Å². The van der Waals surface area contributed by atoms with Crippen LogP contribution >= 0.6 is 0 Å². The van der Waals surface area contributed by atoms with Crippen molar-refractivity contribution in [1.82, 2.24) is 0 Å². The molecular weight excluding hydrogens is 321 g/mol. The number of alkyl halides is 3. The number of esters is 1. The molecular formula is C18H21F3O3. The minimum Gasteiger partial charge on any atom is -0.466 e. The SMILES string of the molecule is CCOC(=O)C[C@H]1CCCCC(=O)[C@@H]1c1ccc(C(F)(F)F)cc1. The minimum absolute atomic E-state index is 0.0124. The Labute approximate surface area is 139 Å². The molecule has 0 amide bonds. The van der Waals surface area contributed by atoms with Crippen molar-refractivity contribution in [3.8, 4) is 0 Å². The topological polar surface area (TPSA) is 43.4 Å².